The van der Waals surface area contributed by atoms with Crippen LogP contribution in [-0.4, -0.2) is 140 Å². The molecular formula is C30H48O15. The number of ether oxygens (including phenoxy) is 6. The number of aliphatic hydroxyl groups excluding tert-OH is 7. The first-order valence-corrected chi connectivity index (χ1v) is 15.4. The van der Waals surface area contributed by atoms with Gasteiger partial charge < -0.3 is 69.3 Å². The van der Waals surface area contributed by atoms with Crippen molar-refractivity contribution >= 4 is 5.97 Å². The Morgan fingerprint density at radius 3 is 2.24 bits per heavy atom. The molecule has 258 valence electrons. The standard InChI is InChI=1S/C30H48O15/c1-14(7-9-41-28-24(36)22(34)19(13-32)43-28)5-4-6-15(2)26(38)42-17-11-30(3,39)20-16(17)8-10-40-27(20)45-29-25(37)23(35)21(33)18(12-31)44-29/h6,8,10,14,16-25,27-29,31-37,39H,4-5,7,9,11-13H2,1-3H3. The molecule has 0 aromatic rings. The number of rotatable bonds is 13. The Bertz CT molecular complexity index is 1030. The largest absolute Gasteiger partial charge is 0.472 e. The van der Waals surface area contributed by atoms with Crippen LogP contribution in [-0.2, 0) is 33.2 Å². The first-order valence-electron chi connectivity index (χ1n) is 15.4. The Balaban J connectivity index is 1.25. The molecule has 4 rings (SSSR count). The molecule has 2 saturated heterocycles. The molecule has 3 fully saturated rings. The van der Waals surface area contributed by atoms with Crippen molar-refractivity contribution in [1.82, 2.24) is 0 Å². The molecule has 15 atom stereocenters. The highest BCUT2D eigenvalue weighted by Crippen LogP contribution is 2.48. The minimum atomic E-state index is -1.65. The van der Waals surface area contributed by atoms with Gasteiger partial charge in [-0.05, 0) is 45.1 Å². The van der Waals surface area contributed by atoms with Crippen LogP contribution in [0, 0.1) is 17.8 Å². The predicted octanol–water partition coefficient (Wildman–Crippen LogP) is -1.82. The van der Waals surface area contributed by atoms with E-state index in [4.69, 9.17) is 28.4 Å². The highest BCUT2D eigenvalue weighted by Gasteiger charge is 2.58. The monoisotopic (exact) mass is 648 g/mol. The first-order chi connectivity index (χ1) is 21.3. The summed E-state index contributed by atoms with van der Waals surface area (Å²) in [5.74, 6) is -1.57. The Morgan fingerprint density at radius 2 is 1.58 bits per heavy atom. The zero-order chi connectivity index (χ0) is 33.1. The molecule has 0 aromatic carbocycles. The van der Waals surface area contributed by atoms with Crippen molar-refractivity contribution in [2.24, 2.45) is 17.8 Å². The zero-order valence-corrected chi connectivity index (χ0v) is 25.7. The van der Waals surface area contributed by atoms with E-state index >= 15 is 0 Å². The second kappa shape index (κ2) is 15.4. The van der Waals surface area contributed by atoms with Crippen LogP contribution in [0.4, 0.5) is 0 Å². The van der Waals surface area contributed by atoms with Crippen LogP contribution < -0.4 is 0 Å². The summed E-state index contributed by atoms with van der Waals surface area (Å²) in [7, 11) is 0. The maximum atomic E-state index is 13.0. The molecule has 15 unspecified atom stereocenters. The van der Waals surface area contributed by atoms with Crippen molar-refractivity contribution < 1.29 is 74.1 Å². The molecule has 15 nitrogen and oxygen atoms in total. The van der Waals surface area contributed by atoms with Crippen LogP contribution in [0.3, 0.4) is 0 Å². The second-order valence-corrected chi connectivity index (χ2v) is 12.7. The van der Waals surface area contributed by atoms with E-state index in [2.05, 4.69) is 0 Å². The molecular weight excluding hydrogens is 600 g/mol. The van der Waals surface area contributed by atoms with Crippen LogP contribution in [0.25, 0.3) is 0 Å². The van der Waals surface area contributed by atoms with Gasteiger partial charge in [0.05, 0.1) is 37.6 Å². The Kier molecular flexibility index (Phi) is 12.4. The third-order valence-corrected chi connectivity index (χ3v) is 9.18. The third kappa shape index (κ3) is 8.23. The summed E-state index contributed by atoms with van der Waals surface area (Å²) in [6, 6.07) is 0. The van der Waals surface area contributed by atoms with Gasteiger partial charge in [-0.1, -0.05) is 13.0 Å². The van der Waals surface area contributed by atoms with Gasteiger partial charge in [0.1, 0.15) is 48.8 Å². The number of aliphatic hydroxyl groups is 8. The van der Waals surface area contributed by atoms with Crippen LogP contribution in [0.1, 0.15) is 46.5 Å². The summed E-state index contributed by atoms with van der Waals surface area (Å²) in [6.45, 7) is 4.45. The maximum absolute atomic E-state index is 13.0. The van der Waals surface area contributed by atoms with Gasteiger partial charge in [0, 0.05) is 17.9 Å². The average Bonchev–Trinajstić information content (AvgIpc) is 3.43. The van der Waals surface area contributed by atoms with Gasteiger partial charge >= 0.3 is 5.97 Å². The van der Waals surface area contributed by atoms with Crippen molar-refractivity contribution in [1.29, 1.82) is 0 Å². The molecule has 3 aliphatic heterocycles. The molecule has 8 N–H and O–H groups in total. The normalized spacial score (nSPS) is 44.0. The van der Waals surface area contributed by atoms with Gasteiger partial charge in [-0.3, -0.25) is 0 Å². The lowest BCUT2D eigenvalue weighted by atomic mass is 9.85. The summed E-state index contributed by atoms with van der Waals surface area (Å²) >= 11 is 0. The Morgan fingerprint density at radius 1 is 0.956 bits per heavy atom. The summed E-state index contributed by atoms with van der Waals surface area (Å²) in [6.07, 6.45) is -6.85. The number of esters is 1. The highest BCUT2D eigenvalue weighted by molar-refractivity contribution is 5.87. The lowest BCUT2D eigenvalue weighted by molar-refractivity contribution is -0.346. The van der Waals surface area contributed by atoms with Gasteiger partial charge in [-0.2, -0.15) is 0 Å². The quantitative estimate of drug-likeness (QED) is 0.0811. The van der Waals surface area contributed by atoms with Gasteiger partial charge in [-0.25, -0.2) is 4.79 Å². The summed E-state index contributed by atoms with van der Waals surface area (Å²) in [4.78, 5) is 13.0. The van der Waals surface area contributed by atoms with E-state index in [0.717, 1.165) is 6.42 Å². The summed E-state index contributed by atoms with van der Waals surface area (Å²) < 4.78 is 33.5. The maximum Gasteiger partial charge on any atom is 0.333 e. The lowest BCUT2D eigenvalue weighted by Gasteiger charge is -2.43. The number of carbonyl (C=O) groups is 1. The molecule has 0 aromatic heterocycles. The van der Waals surface area contributed by atoms with Crippen molar-refractivity contribution in [2.45, 2.75) is 120 Å². The molecule has 0 spiro atoms. The molecule has 0 bridgehead atoms. The summed E-state index contributed by atoms with van der Waals surface area (Å²) in [5.41, 5.74) is -1.01. The van der Waals surface area contributed by atoms with Crippen LogP contribution in [0.5, 0.6) is 0 Å². The zero-order valence-electron chi connectivity index (χ0n) is 25.7. The van der Waals surface area contributed by atoms with Crippen molar-refractivity contribution in [3.63, 3.8) is 0 Å². The van der Waals surface area contributed by atoms with Crippen molar-refractivity contribution in [3.05, 3.63) is 24.0 Å². The van der Waals surface area contributed by atoms with Crippen LogP contribution in [0.15, 0.2) is 24.0 Å². The summed E-state index contributed by atoms with van der Waals surface area (Å²) in [5, 5.41) is 80.3. The molecule has 0 amide bonds. The number of allylic oxidation sites excluding steroid dienone is 1. The smallest absolute Gasteiger partial charge is 0.333 e. The van der Waals surface area contributed by atoms with E-state index in [0.29, 0.717) is 18.4 Å². The van der Waals surface area contributed by atoms with E-state index in [1.165, 1.54) is 6.26 Å². The Labute approximate surface area is 261 Å². The van der Waals surface area contributed by atoms with Crippen LogP contribution >= 0.6 is 0 Å². The van der Waals surface area contributed by atoms with E-state index in [1.807, 2.05) is 6.92 Å². The first kappa shape index (κ1) is 36.1. The SMILES string of the molecule is CC(=CCCC(C)CCOC1OC(CO)C(O)C1O)C(=O)OC1CC(C)(O)C2C(OC3OC(CO)C(O)C(O)C3O)OC=CC12. The fourth-order valence-corrected chi connectivity index (χ4v) is 6.32. The van der Waals surface area contributed by atoms with Gasteiger partial charge in [-0.15, -0.1) is 0 Å². The average molecular weight is 649 g/mol. The van der Waals surface area contributed by atoms with E-state index < -0.39 is 104 Å². The van der Waals surface area contributed by atoms with E-state index in [9.17, 15) is 45.6 Å². The fraction of sp³-hybridized carbons (Fsp3) is 0.833. The van der Waals surface area contributed by atoms with E-state index in [1.54, 1.807) is 26.0 Å². The predicted molar refractivity (Wildman–Crippen MR) is 151 cm³/mol. The van der Waals surface area contributed by atoms with Gasteiger partial charge in [0.25, 0.3) is 0 Å². The molecule has 1 aliphatic carbocycles. The molecule has 15 heteroatoms. The second-order valence-electron chi connectivity index (χ2n) is 12.7. The topological polar surface area (TPSA) is 234 Å². The van der Waals surface area contributed by atoms with Gasteiger partial charge in [0.15, 0.2) is 12.6 Å². The molecule has 3 heterocycles. The van der Waals surface area contributed by atoms with Crippen molar-refractivity contribution in [3.8, 4) is 0 Å². The third-order valence-electron chi connectivity index (χ3n) is 9.18. The molecule has 4 aliphatic rings. The van der Waals surface area contributed by atoms with E-state index in [-0.39, 0.29) is 18.9 Å². The molecule has 45 heavy (non-hydrogen) atoms. The number of hydrogen-bond donors (Lipinski definition) is 8. The lowest BCUT2D eigenvalue weighted by Crippen LogP contribution is -2.60. The number of carbonyl (C=O) groups excluding carboxylic acids is 1. The van der Waals surface area contributed by atoms with Gasteiger partial charge in [0.2, 0.25) is 6.29 Å². The Hall–Kier alpha value is -1.73. The minimum absolute atomic E-state index is 0.0795. The minimum Gasteiger partial charge on any atom is -0.472 e. The molecule has 0 radical (unpaired) electrons. The fourth-order valence-electron chi connectivity index (χ4n) is 6.32. The van der Waals surface area contributed by atoms with Crippen molar-refractivity contribution in [2.75, 3.05) is 19.8 Å². The molecule has 1 saturated carbocycles. The number of hydrogen-bond acceptors (Lipinski definition) is 15. The van der Waals surface area contributed by atoms with Crippen LogP contribution in [0.2, 0.25) is 0 Å². The number of fused-ring (bicyclic) bond motifs is 1. The highest BCUT2D eigenvalue weighted by atomic mass is 16.8.